The van der Waals surface area contributed by atoms with Crippen LogP contribution in [0.5, 0.6) is 0 Å². The van der Waals surface area contributed by atoms with Crippen molar-refractivity contribution in [2.24, 2.45) is 5.73 Å². The first-order chi connectivity index (χ1) is 48.9. The molecule has 6 rings (SSSR count). The third kappa shape index (κ3) is 20.7. The first-order valence-electron chi connectivity index (χ1n) is 33.4. The zero-order chi connectivity index (χ0) is 77.7. The second-order valence-corrected chi connectivity index (χ2v) is 26.0. The van der Waals surface area contributed by atoms with Crippen LogP contribution in [0.2, 0.25) is 0 Å². The lowest BCUT2D eigenvalue weighted by molar-refractivity contribution is -0.385. The zero-order valence-corrected chi connectivity index (χ0v) is 57.7. The Hall–Kier alpha value is -7.16. The van der Waals surface area contributed by atoms with Crippen LogP contribution in [0.1, 0.15) is 80.6 Å². The van der Waals surface area contributed by atoms with Gasteiger partial charge in [0.05, 0.1) is 57.8 Å². The molecule has 0 aromatic heterocycles. The molecule has 590 valence electrons. The Kier molecular flexibility index (Phi) is 31.2. The van der Waals surface area contributed by atoms with Gasteiger partial charge in [-0.05, 0) is 46.5 Å². The summed E-state index contributed by atoms with van der Waals surface area (Å²) in [6.45, 7) is 1.32. The molecule has 6 aliphatic rings. The number of carbonyl (C=O) groups is 12. The number of primary amides is 1. The molecule has 6 fully saturated rings. The molecule has 6 saturated heterocycles. The summed E-state index contributed by atoms with van der Waals surface area (Å²) in [6.07, 6.45) is -38.2. The van der Waals surface area contributed by atoms with Gasteiger partial charge in [0.15, 0.2) is 18.9 Å². The van der Waals surface area contributed by atoms with Crippen molar-refractivity contribution in [1.29, 1.82) is 0 Å². The Morgan fingerprint density at radius 3 is 1.69 bits per heavy atom. The number of carbonyl (C=O) groups excluding carboxylic acids is 11. The number of carboxylic acids is 1. The summed E-state index contributed by atoms with van der Waals surface area (Å²) in [4.78, 5) is 161. The van der Waals surface area contributed by atoms with E-state index in [-0.39, 0.29) is 25.9 Å². The summed E-state index contributed by atoms with van der Waals surface area (Å²) >= 11 is 0. The minimum Gasteiger partial charge on any atom is -0.477 e. The fourth-order valence-corrected chi connectivity index (χ4v) is 12.9. The lowest BCUT2D eigenvalue weighted by atomic mass is 9.88. The number of ether oxygens (including phenoxy) is 8. The average molecular weight is 1500 g/mol. The molecule has 0 aliphatic carbocycles. The summed E-state index contributed by atoms with van der Waals surface area (Å²) in [5.41, 5.74) is 5.33. The molecule has 0 aromatic carbocycles. The smallest absolute Gasteiger partial charge is 0.364 e. The van der Waals surface area contributed by atoms with Crippen LogP contribution in [0, 0.1) is 0 Å². The number of nitrogens with one attached hydrogen (secondary N) is 8. The Bertz CT molecular complexity index is 3040. The average Bonchev–Trinajstić information content (AvgIpc) is 1.00. The van der Waals surface area contributed by atoms with Crippen LogP contribution < -0.4 is 48.3 Å². The number of nitrogens with two attached hydrogens (primary N) is 1. The van der Waals surface area contributed by atoms with Crippen LogP contribution in [-0.2, 0) is 95.4 Å². The van der Waals surface area contributed by atoms with Gasteiger partial charge in [0.1, 0.15) is 128 Å². The lowest BCUT2D eigenvalue weighted by Gasteiger charge is -2.51. The second-order valence-electron chi connectivity index (χ2n) is 26.0. The molecule has 28 atom stereocenters. The van der Waals surface area contributed by atoms with Gasteiger partial charge in [0, 0.05) is 47.2 Å². The number of aliphatic hydroxyl groups is 12. The van der Waals surface area contributed by atoms with Crippen molar-refractivity contribution in [3.05, 3.63) is 0 Å². The highest BCUT2D eigenvalue weighted by atomic mass is 16.8. The molecule has 0 aromatic rings. The highest BCUT2D eigenvalue weighted by molar-refractivity contribution is 5.98. The van der Waals surface area contributed by atoms with Crippen molar-refractivity contribution in [2.45, 2.75) is 251 Å². The van der Waals surface area contributed by atoms with E-state index in [9.17, 15) is 124 Å². The first-order valence-corrected chi connectivity index (χ1v) is 33.4. The molecular weight excluding hydrogens is 1400 g/mol. The standard InChI is InChI=1S/C60H97N11O33/c1-21(50(61)89)63-52(91)29-10-8-12-70(29)55(94)30-11-9-13-71(30)54(93)22(2)64-53(92)37(69-51(90)28(16-72)68-36(83)15-62-24(4)77)23(3)97-57-40(67-27(7)80)47(42(85)33(18-74)98-57)102-56-39(66-26(6)79)44(87)46(35(20-76)100-56)101-58-45(88)49(43(86)34(19-75)99-58)104-60(59(95)96)14-31(81)38(65-25(5)78)48(103-60)41(84)32(82)17-73/h21-23,28-35,37-49,56-58,72-76,81-82,84-88H,8-20H2,1-7H3,(H2,61,89)(H,62,77)(H,63,91)(H,64,92)(H,65,78)(H,66,79)(H,67,80)(H,68,83)(H,69,90)(H,95,96)/t21?,22?,23?,28?,29?,30?,31?,32-,33?,34?,35?,37?,38-,39?,40?,41-,42+,43+,44-,45?,46+,47-,48?,49+,56+,57-,58+,60+/m1/s1. The van der Waals surface area contributed by atoms with E-state index in [1.54, 1.807) is 0 Å². The van der Waals surface area contributed by atoms with Gasteiger partial charge in [-0.25, -0.2) is 4.79 Å². The number of carboxylic acid groups (broad SMARTS) is 1. The van der Waals surface area contributed by atoms with Crippen LogP contribution in [0.15, 0.2) is 0 Å². The molecule has 44 nitrogen and oxygen atoms in total. The fourth-order valence-electron chi connectivity index (χ4n) is 12.9. The highest BCUT2D eigenvalue weighted by Gasteiger charge is 2.61. The van der Waals surface area contributed by atoms with E-state index in [2.05, 4.69) is 42.5 Å². The first kappa shape index (κ1) is 85.8. The quantitative estimate of drug-likeness (QED) is 0.0297. The Morgan fingerprint density at radius 2 is 1.13 bits per heavy atom. The number of hydrogen-bond donors (Lipinski definition) is 22. The topological polar surface area (TPSA) is 670 Å². The maximum atomic E-state index is 14.7. The predicted molar refractivity (Wildman–Crippen MR) is 338 cm³/mol. The molecule has 6 aliphatic heterocycles. The predicted octanol–water partition coefficient (Wildman–Crippen LogP) is -14.1. The van der Waals surface area contributed by atoms with Gasteiger partial charge >= 0.3 is 5.97 Å². The maximum absolute atomic E-state index is 14.7. The molecular formula is C60H97N11O33. The molecule has 6 heterocycles. The normalized spacial score (nSPS) is 34.1. The number of likely N-dealkylation sites (tertiary alicyclic amines) is 2. The molecule has 0 spiro atoms. The van der Waals surface area contributed by atoms with E-state index < -0.39 is 288 Å². The van der Waals surface area contributed by atoms with Crippen LogP contribution in [0.25, 0.3) is 0 Å². The molecule has 11 amide bonds. The number of amides is 11. The van der Waals surface area contributed by atoms with Crippen molar-refractivity contribution in [1.82, 2.24) is 52.3 Å². The van der Waals surface area contributed by atoms with E-state index in [1.165, 1.54) is 23.6 Å². The Balaban J connectivity index is 1.28. The second kappa shape index (κ2) is 37.9. The summed E-state index contributed by atoms with van der Waals surface area (Å²) in [5, 5.41) is 161. The van der Waals surface area contributed by atoms with Gasteiger partial charge < -0.3 is 162 Å². The molecule has 0 bridgehead atoms. The molecule has 0 radical (unpaired) electrons. The zero-order valence-electron chi connectivity index (χ0n) is 57.7. The van der Waals surface area contributed by atoms with E-state index in [0.717, 1.165) is 34.6 Å². The van der Waals surface area contributed by atoms with Crippen molar-refractivity contribution in [2.75, 3.05) is 52.7 Å². The maximum Gasteiger partial charge on any atom is 0.364 e. The highest BCUT2D eigenvalue weighted by Crippen LogP contribution is 2.40. The van der Waals surface area contributed by atoms with Crippen molar-refractivity contribution >= 4 is 70.9 Å². The van der Waals surface area contributed by atoms with Crippen molar-refractivity contribution in [3.8, 4) is 0 Å². The minimum atomic E-state index is -3.25. The van der Waals surface area contributed by atoms with Crippen LogP contribution in [0.4, 0.5) is 0 Å². The van der Waals surface area contributed by atoms with Gasteiger partial charge in [-0.3, -0.25) is 52.7 Å². The molecule has 44 heteroatoms. The monoisotopic (exact) mass is 1500 g/mol. The third-order valence-electron chi connectivity index (χ3n) is 18.3. The van der Waals surface area contributed by atoms with E-state index in [0.29, 0.717) is 12.8 Å². The minimum absolute atomic E-state index is 0.0106. The summed E-state index contributed by atoms with van der Waals surface area (Å²) < 4.78 is 47.6. The van der Waals surface area contributed by atoms with Gasteiger partial charge in [-0.1, -0.05) is 0 Å². The van der Waals surface area contributed by atoms with Crippen LogP contribution in [0.3, 0.4) is 0 Å². The number of nitrogens with zero attached hydrogens (tertiary/aromatic N) is 2. The van der Waals surface area contributed by atoms with Crippen molar-refractivity contribution in [3.63, 3.8) is 0 Å². The van der Waals surface area contributed by atoms with Gasteiger partial charge in [0.25, 0.3) is 5.79 Å². The summed E-state index contributed by atoms with van der Waals surface area (Å²) in [7, 11) is 0. The Labute approximate surface area is 593 Å². The van der Waals surface area contributed by atoms with E-state index in [4.69, 9.17) is 43.6 Å². The van der Waals surface area contributed by atoms with Crippen molar-refractivity contribution < 1.29 is 162 Å². The number of rotatable bonds is 32. The van der Waals surface area contributed by atoms with Crippen LogP contribution in [-0.4, -0.2) is 370 Å². The van der Waals surface area contributed by atoms with Gasteiger partial charge in [-0.15, -0.1) is 0 Å². The van der Waals surface area contributed by atoms with E-state index in [1.807, 2.05) is 0 Å². The molecule has 23 N–H and O–H groups in total. The number of aliphatic carboxylic acids is 1. The Morgan fingerprint density at radius 1 is 0.587 bits per heavy atom. The summed E-state index contributed by atoms with van der Waals surface area (Å²) in [5.74, 6) is -15.2. The van der Waals surface area contributed by atoms with E-state index >= 15 is 0 Å². The number of aliphatic hydroxyl groups excluding tert-OH is 12. The number of hydrogen-bond acceptors (Lipinski definition) is 32. The largest absolute Gasteiger partial charge is 0.477 e. The summed E-state index contributed by atoms with van der Waals surface area (Å²) in [6, 6.07) is -14.3. The molecule has 15 unspecified atom stereocenters. The fraction of sp³-hybridized carbons (Fsp3) is 0.800. The lowest BCUT2D eigenvalue weighted by Crippen LogP contribution is -2.72. The molecule has 0 saturated carbocycles. The van der Waals surface area contributed by atoms with Gasteiger partial charge in [0.2, 0.25) is 65.0 Å². The van der Waals surface area contributed by atoms with Crippen LogP contribution >= 0.6 is 0 Å². The van der Waals surface area contributed by atoms with Gasteiger partial charge in [-0.2, -0.15) is 0 Å². The SMILES string of the molecule is CC(=O)NCC(=O)NC(CO)C(=O)NC(C(=O)NC(C)C(=O)N1CCCC1C(=O)N1CCCC1C(=O)NC(C)C(N)=O)C(C)O[C@@H]1OC(CO)[C@H](O)[C@H](O[C@@H]2OC(CO)[C@H](O[C@@H]3OC(CO)[C@H](O)[C@H](O[C@]4(C(=O)O)CC(O)[C@@H](NC(C)=O)C([C@H](O)[C@H](O)CO)O4)C3O)[C@H](O)C2NC(C)=O)C1NC(C)=O. The third-order valence-corrected chi connectivity index (χ3v) is 18.3. The molecule has 104 heavy (non-hydrogen) atoms.